The zero-order valence-electron chi connectivity index (χ0n) is 25.9. The number of nitriles is 1. The van der Waals surface area contributed by atoms with E-state index in [2.05, 4.69) is 40.7 Å². The normalized spacial score (nSPS) is 44.5. The number of nitrogens with zero attached hydrogens (tertiary/aromatic N) is 1. The Morgan fingerprint density at radius 1 is 1.02 bits per heavy atom. The maximum Gasteiger partial charge on any atom is 0.312 e. The highest BCUT2D eigenvalue weighted by Crippen LogP contribution is 2.74. The molecule has 222 valence electrons. The van der Waals surface area contributed by atoms with Crippen molar-refractivity contribution in [2.24, 2.45) is 50.2 Å². The lowest BCUT2D eigenvalue weighted by atomic mass is 9.34. The van der Waals surface area contributed by atoms with Crippen molar-refractivity contribution in [2.75, 3.05) is 13.7 Å². The summed E-state index contributed by atoms with van der Waals surface area (Å²) in [5.41, 5.74) is -2.23. The van der Waals surface area contributed by atoms with Gasteiger partial charge in [-0.15, -0.1) is 0 Å². The fraction of sp³-hybridized carbons (Fsp3) is 0.735. The number of ether oxygens (including phenoxy) is 2. The Bertz CT molecular complexity index is 1330. The van der Waals surface area contributed by atoms with E-state index in [9.17, 15) is 24.4 Å². The Morgan fingerprint density at radius 2 is 1.68 bits per heavy atom. The van der Waals surface area contributed by atoms with Gasteiger partial charge in [0.2, 0.25) is 0 Å². The largest absolute Gasteiger partial charge is 0.469 e. The Hall–Kier alpha value is -2.75. The molecule has 0 radical (unpaired) electrons. The molecule has 0 aromatic carbocycles. The topological polar surface area (TPSA) is 111 Å². The number of methoxy groups -OCH3 is 1. The van der Waals surface area contributed by atoms with Gasteiger partial charge in [0.05, 0.1) is 23.5 Å². The number of hydrogen-bond donors (Lipinski definition) is 0. The summed E-state index contributed by atoms with van der Waals surface area (Å²) in [6.07, 6.45) is 8.92. The van der Waals surface area contributed by atoms with Crippen LogP contribution in [0.1, 0.15) is 93.4 Å². The van der Waals surface area contributed by atoms with Crippen LogP contribution < -0.4 is 0 Å². The number of rotatable bonds is 3. The van der Waals surface area contributed by atoms with E-state index in [1.165, 1.54) is 14.0 Å². The molecule has 2 unspecified atom stereocenters. The first-order valence-electron chi connectivity index (χ1n) is 15.1. The minimum atomic E-state index is -1.08. The number of fused-ring (bicyclic) bond motifs is 7. The number of esters is 2. The van der Waals surface area contributed by atoms with Crippen molar-refractivity contribution in [2.45, 2.75) is 93.4 Å². The molecule has 7 nitrogen and oxygen atoms in total. The van der Waals surface area contributed by atoms with E-state index < -0.39 is 27.6 Å². The molecular weight excluding hydrogens is 518 g/mol. The number of ketones is 2. The van der Waals surface area contributed by atoms with Crippen LogP contribution in [0.5, 0.6) is 0 Å². The van der Waals surface area contributed by atoms with Gasteiger partial charge in [-0.1, -0.05) is 46.3 Å². The second-order valence-corrected chi connectivity index (χ2v) is 15.4. The van der Waals surface area contributed by atoms with Crippen LogP contribution in [-0.4, -0.2) is 37.2 Å². The van der Waals surface area contributed by atoms with Crippen molar-refractivity contribution < 1.29 is 28.7 Å². The molecule has 3 fully saturated rings. The van der Waals surface area contributed by atoms with Gasteiger partial charge in [-0.05, 0) is 86.0 Å². The Balaban J connectivity index is 1.68. The Labute approximate surface area is 244 Å². The van der Waals surface area contributed by atoms with Gasteiger partial charge < -0.3 is 9.47 Å². The summed E-state index contributed by atoms with van der Waals surface area (Å²) in [7, 11) is 1.46. The van der Waals surface area contributed by atoms with Crippen LogP contribution in [0.15, 0.2) is 23.3 Å². The van der Waals surface area contributed by atoms with E-state index >= 15 is 0 Å². The standard InChI is InChI=1S/C34H45NO6/c1-20(36)41-19-31(5)24-9-10-32(6)25(30(24,4)16-21(18-35)27(31)38)15-23(37)26-22-17-29(2,3)11-13-34(22,28(39)40-8)14-12-33(26,32)7/h15-16,22,24,26H,9-14,17,19H2,1-8H3/t22?,24?,26-,30+,31+,32-,33-,34+/m1/s1. The van der Waals surface area contributed by atoms with Crippen LogP contribution in [-0.2, 0) is 28.7 Å². The van der Waals surface area contributed by atoms with Gasteiger partial charge in [-0.3, -0.25) is 19.2 Å². The molecule has 0 aliphatic heterocycles. The van der Waals surface area contributed by atoms with E-state index in [4.69, 9.17) is 9.47 Å². The molecule has 0 heterocycles. The molecule has 0 aromatic rings. The predicted octanol–water partition coefficient (Wildman–Crippen LogP) is 5.92. The van der Waals surface area contributed by atoms with Crippen LogP contribution in [0.3, 0.4) is 0 Å². The monoisotopic (exact) mass is 563 g/mol. The molecule has 7 heteroatoms. The minimum Gasteiger partial charge on any atom is -0.469 e. The van der Waals surface area contributed by atoms with Gasteiger partial charge in [-0.2, -0.15) is 5.26 Å². The second-order valence-electron chi connectivity index (χ2n) is 15.4. The third kappa shape index (κ3) is 3.81. The average molecular weight is 564 g/mol. The summed E-state index contributed by atoms with van der Waals surface area (Å²) < 4.78 is 10.8. The number of carbonyl (C=O) groups excluding carboxylic acids is 4. The molecule has 5 rings (SSSR count). The van der Waals surface area contributed by atoms with Gasteiger partial charge in [-0.25, -0.2) is 0 Å². The van der Waals surface area contributed by atoms with Crippen LogP contribution in [0.4, 0.5) is 0 Å². The zero-order valence-corrected chi connectivity index (χ0v) is 25.9. The van der Waals surface area contributed by atoms with Crippen molar-refractivity contribution in [1.29, 1.82) is 5.26 Å². The molecule has 0 N–H and O–H groups in total. The van der Waals surface area contributed by atoms with Crippen molar-refractivity contribution >= 4 is 23.5 Å². The van der Waals surface area contributed by atoms with E-state index in [1.54, 1.807) is 13.0 Å². The summed E-state index contributed by atoms with van der Waals surface area (Å²) >= 11 is 0. The van der Waals surface area contributed by atoms with Crippen molar-refractivity contribution in [3.8, 4) is 6.07 Å². The predicted molar refractivity (Wildman–Crippen MR) is 152 cm³/mol. The summed E-state index contributed by atoms with van der Waals surface area (Å²) in [5, 5.41) is 10.0. The molecule has 0 saturated heterocycles. The molecule has 8 atom stereocenters. The summed E-state index contributed by atoms with van der Waals surface area (Å²) in [6.45, 7) is 14.1. The number of hydrogen-bond acceptors (Lipinski definition) is 7. The molecule has 5 aliphatic rings. The smallest absolute Gasteiger partial charge is 0.312 e. The first-order chi connectivity index (χ1) is 19.0. The van der Waals surface area contributed by atoms with Gasteiger partial charge in [0.1, 0.15) is 12.7 Å². The first kappa shape index (κ1) is 29.7. The lowest BCUT2D eigenvalue weighted by Crippen LogP contribution is -2.66. The second kappa shape index (κ2) is 9.12. The summed E-state index contributed by atoms with van der Waals surface area (Å²) in [6, 6.07) is 2.12. The average Bonchev–Trinajstić information content (AvgIpc) is 2.90. The Morgan fingerprint density at radius 3 is 2.29 bits per heavy atom. The maximum absolute atomic E-state index is 14.5. The van der Waals surface area contributed by atoms with Crippen LogP contribution in [0, 0.1) is 61.6 Å². The highest BCUT2D eigenvalue weighted by atomic mass is 16.5. The van der Waals surface area contributed by atoms with Crippen LogP contribution >= 0.6 is 0 Å². The molecule has 0 bridgehead atoms. The molecular formula is C34H45NO6. The fourth-order valence-electron chi connectivity index (χ4n) is 10.4. The fourth-order valence-corrected chi connectivity index (χ4v) is 10.4. The SMILES string of the molecule is COC(=O)[C@]12CCC(C)(C)CC1[C@@H]1C(=O)C=C3[C@@]4(C)C=C(C#N)C(=O)[C@@](C)(COC(C)=O)C4CC[C@@]3(C)[C@]1(C)CC2. The molecule has 3 saturated carbocycles. The number of carbonyl (C=O) groups is 4. The first-order valence-corrected chi connectivity index (χ1v) is 15.1. The van der Waals surface area contributed by atoms with Gasteiger partial charge in [0, 0.05) is 18.3 Å². The molecule has 41 heavy (non-hydrogen) atoms. The molecule has 0 amide bonds. The number of allylic oxidation sites excluding steroid dienone is 4. The molecule has 0 spiro atoms. The van der Waals surface area contributed by atoms with Crippen molar-refractivity contribution in [3.63, 3.8) is 0 Å². The molecule has 0 aromatic heterocycles. The highest BCUT2D eigenvalue weighted by Gasteiger charge is 2.71. The van der Waals surface area contributed by atoms with E-state index in [1.807, 2.05) is 6.08 Å². The molecule has 5 aliphatic carbocycles. The third-order valence-electron chi connectivity index (χ3n) is 12.9. The van der Waals surface area contributed by atoms with E-state index in [-0.39, 0.29) is 58.3 Å². The quantitative estimate of drug-likeness (QED) is 0.392. The maximum atomic E-state index is 14.5. The van der Waals surface area contributed by atoms with Gasteiger partial charge in [0.25, 0.3) is 0 Å². The van der Waals surface area contributed by atoms with E-state index in [0.29, 0.717) is 12.8 Å². The summed E-state index contributed by atoms with van der Waals surface area (Å²) in [5.74, 6) is -1.58. The van der Waals surface area contributed by atoms with E-state index in [0.717, 1.165) is 37.7 Å². The van der Waals surface area contributed by atoms with Crippen LogP contribution in [0.25, 0.3) is 0 Å². The van der Waals surface area contributed by atoms with Crippen molar-refractivity contribution in [3.05, 3.63) is 23.3 Å². The summed E-state index contributed by atoms with van der Waals surface area (Å²) in [4.78, 5) is 53.4. The van der Waals surface area contributed by atoms with Gasteiger partial charge >= 0.3 is 11.9 Å². The Kier molecular flexibility index (Phi) is 6.62. The lowest BCUT2D eigenvalue weighted by molar-refractivity contribution is -0.191. The highest BCUT2D eigenvalue weighted by molar-refractivity contribution is 6.05. The van der Waals surface area contributed by atoms with Gasteiger partial charge in [0.15, 0.2) is 11.6 Å². The number of Topliss-reactive ketones (excluding diaryl/α,β-unsaturated/α-hetero) is 1. The van der Waals surface area contributed by atoms with Crippen LogP contribution in [0.2, 0.25) is 0 Å². The zero-order chi connectivity index (χ0) is 30.4. The third-order valence-corrected chi connectivity index (χ3v) is 12.9. The van der Waals surface area contributed by atoms with Crippen molar-refractivity contribution in [1.82, 2.24) is 0 Å². The lowest BCUT2D eigenvalue weighted by Gasteiger charge is -2.68. The minimum absolute atomic E-state index is 0.0158.